The summed E-state index contributed by atoms with van der Waals surface area (Å²) in [7, 11) is 0. The van der Waals surface area contributed by atoms with E-state index < -0.39 is 17.6 Å². The van der Waals surface area contributed by atoms with Gasteiger partial charge in [-0.1, -0.05) is 57.6 Å². The zero-order chi connectivity index (χ0) is 37.0. The molecule has 12 heteroatoms. The summed E-state index contributed by atoms with van der Waals surface area (Å²) in [4.78, 5) is 28.5. The van der Waals surface area contributed by atoms with Gasteiger partial charge in [-0.3, -0.25) is 14.2 Å². The number of carbonyl (C=O) groups is 2. The standard InChI is InChI=1S/C40H70N6O6/c1-3-33-17-11-12-22-39(52-33)28-31-19-20-34-36(40(23-14-16-30(2)51-40)44-38(43-39)46(31)34)37(49)50-27-13-9-7-5-4-6-8-10-18-35(48)45(26-15-24-41)29-32(47)21-25-42/h11,17,30-34,36,47H,3-10,12-16,18-29,41-42H2,1-2H3,(H,43,44)/p+1/t30-,31+,32+,33+,34-,36-,39+,40-/m1/s1. The lowest BCUT2D eigenvalue weighted by molar-refractivity contribution is -0.609. The molecule has 7 N–H and O–H groups in total. The van der Waals surface area contributed by atoms with Crippen LogP contribution < -0.4 is 22.1 Å². The van der Waals surface area contributed by atoms with Crippen molar-refractivity contribution in [3.05, 3.63) is 12.2 Å². The van der Waals surface area contributed by atoms with Gasteiger partial charge < -0.3 is 35.7 Å². The van der Waals surface area contributed by atoms with E-state index in [0.717, 1.165) is 122 Å². The molecule has 5 aliphatic rings. The quantitative estimate of drug-likeness (QED) is 0.0532. The molecule has 0 aromatic rings. The molecule has 0 radical (unpaired) electrons. The minimum atomic E-state index is -0.780. The van der Waals surface area contributed by atoms with E-state index in [2.05, 4.69) is 41.2 Å². The number of nitrogens with zero attached hydrogens (tertiary/aromatic N) is 2. The molecule has 0 unspecified atom stereocenters. The van der Waals surface area contributed by atoms with Crippen molar-refractivity contribution in [2.75, 3.05) is 32.8 Å². The molecule has 0 saturated carbocycles. The van der Waals surface area contributed by atoms with Gasteiger partial charge in [-0.25, -0.2) is 10.6 Å². The molecule has 1 amide bonds. The lowest BCUT2D eigenvalue weighted by Gasteiger charge is -2.50. The van der Waals surface area contributed by atoms with Gasteiger partial charge in [-0.05, 0) is 84.2 Å². The Labute approximate surface area is 312 Å². The fourth-order valence-electron chi connectivity index (χ4n) is 9.39. The summed E-state index contributed by atoms with van der Waals surface area (Å²) in [6, 6.07) is 0.358. The Balaban J connectivity index is 1.04. The summed E-state index contributed by atoms with van der Waals surface area (Å²) in [5.41, 5.74) is 10.0. The summed E-state index contributed by atoms with van der Waals surface area (Å²) < 4.78 is 22.1. The number of nitrogens with one attached hydrogen (secondary N) is 2. The molecule has 0 aliphatic carbocycles. The van der Waals surface area contributed by atoms with Crippen LogP contribution in [-0.2, 0) is 23.8 Å². The fraction of sp³-hybridized carbons (Fsp3) is 0.875. The summed E-state index contributed by atoms with van der Waals surface area (Å²) >= 11 is 0. The Morgan fingerprint density at radius 2 is 1.79 bits per heavy atom. The molecule has 52 heavy (non-hydrogen) atoms. The maximum absolute atomic E-state index is 14.0. The third-order valence-corrected chi connectivity index (χ3v) is 12.0. The third-order valence-electron chi connectivity index (χ3n) is 12.0. The van der Waals surface area contributed by atoms with Crippen LogP contribution in [0, 0.1) is 5.92 Å². The average molecular weight is 732 g/mol. The van der Waals surface area contributed by atoms with Crippen molar-refractivity contribution in [2.24, 2.45) is 17.4 Å². The molecule has 5 aliphatic heterocycles. The molecule has 5 rings (SSSR count). The van der Waals surface area contributed by atoms with E-state index in [-0.39, 0.29) is 36.0 Å². The summed E-state index contributed by atoms with van der Waals surface area (Å²) in [6.07, 6.45) is 22.6. The fourth-order valence-corrected chi connectivity index (χ4v) is 9.39. The van der Waals surface area contributed by atoms with Gasteiger partial charge in [0, 0.05) is 38.8 Å². The molecule has 2 saturated heterocycles. The molecule has 2 spiro atoms. The van der Waals surface area contributed by atoms with Crippen molar-refractivity contribution in [1.29, 1.82) is 0 Å². The van der Waals surface area contributed by atoms with Gasteiger partial charge >= 0.3 is 11.9 Å². The Hall–Kier alpha value is -2.25. The van der Waals surface area contributed by atoms with Crippen molar-refractivity contribution in [1.82, 2.24) is 15.5 Å². The number of carbonyl (C=O) groups excluding carboxylic acids is 2. The molecule has 296 valence electrons. The van der Waals surface area contributed by atoms with Gasteiger partial charge in [-0.15, -0.1) is 0 Å². The molecule has 0 aromatic carbocycles. The number of rotatable bonds is 20. The Morgan fingerprint density at radius 3 is 2.52 bits per heavy atom. The highest BCUT2D eigenvalue weighted by atomic mass is 16.6. The first kappa shape index (κ1) is 40.9. The predicted molar refractivity (Wildman–Crippen MR) is 202 cm³/mol. The van der Waals surface area contributed by atoms with Gasteiger partial charge in [0.25, 0.3) is 0 Å². The largest absolute Gasteiger partial charge is 0.465 e. The van der Waals surface area contributed by atoms with E-state index in [1.165, 1.54) is 0 Å². The van der Waals surface area contributed by atoms with Crippen molar-refractivity contribution in [3.63, 3.8) is 0 Å². The normalized spacial score (nSPS) is 31.5. The molecule has 8 atom stereocenters. The first-order valence-electron chi connectivity index (χ1n) is 21.0. The number of nitrogens with two attached hydrogens (primary N) is 2. The number of esters is 1. The summed E-state index contributed by atoms with van der Waals surface area (Å²) in [5, 5.41) is 17.8. The van der Waals surface area contributed by atoms with Crippen molar-refractivity contribution >= 4 is 17.8 Å². The van der Waals surface area contributed by atoms with Gasteiger partial charge in [-0.2, -0.15) is 0 Å². The van der Waals surface area contributed by atoms with Gasteiger partial charge in [0.1, 0.15) is 0 Å². The maximum Gasteiger partial charge on any atom is 0.350 e. The van der Waals surface area contributed by atoms with Crippen LogP contribution in [0.1, 0.15) is 142 Å². The first-order valence-corrected chi connectivity index (χ1v) is 21.0. The van der Waals surface area contributed by atoms with Gasteiger partial charge in [0.2, 0.25) is 11.6 Å². The monoisotopic (exact) mass is 732 g/mol. The number of hydrogen-bond acceptors (Lipinski definition) is 10. The topological polar surface area (TPSA) is 164 Å². The molecular formula is C40H71N6O6+. The van der Waals surface area contributed by atoms with Gasteiger partial charge in [0.15, 0.2) is 11.6 Å². The Bertz CT molecular complexity index is 1220. The second kappa shape index (κ2) is 19.9. The number of amides is 1. The van der Waals surface area contributed by atoms with E-state index in [4.69, 9.17) is 25.7 Å². The number of ether oxygens (including phenoxy) is 3. The second-order valence-electron chi connectivity index (χ2n) is 16.2. The van der Waals surface area contributed by atoms with E-state index >= 15 is 0 Å². The smallest absolute Gasteiger partial charge is 0.350 e. The van der Waals surface area contributed by atoms with Crippen molar-refractivity contribution in [2.45, 2.75) is 184 Å². The van der Waals surface area contributed by atoms with E-state index in [1.807, 2.05) is 0 Å². The van der Waals surface area contributed by atoms with Crippen molar-refractivity contribution < 1.29 is 33.5 Å². The first-order chi connectivity index (χ1) is 25.2. The molecule has 12 nitrogen and oxygen atoms in total. The number of unbranched alkanes of at least 4 members (excludes halogenated alkanes) is 7. The number of aliphatic hydroxyl groups excluding tert-OH is 1. The highest BCUT2D eigenvalue weighted by Crippen LogP contribution is 2.45. The van der Waals surface area contributed by atoms with Crippen LogP contribution in [0.25, 0.3) is 0 Å². The summed E-state index contributed by atoms with van der Waals surface area (Å²) in [5.74, 6) is 0.564. The Kier molecular flexibility index (Phi) is 15.7. The molecule has 0 aromatic heterocycles. The third kappa shape index (κ3) is 10.5. The predicted octanol–water partition coefficient (Wildman–Crippen LogP) is 4.17. The van der Waals surface area contributed by atoms with E-state index in [0.29, 0.717) is 51.7 Å². The second-order valence-corrected chi connectivity index (χ2v) is 16.2. The average Bonchev–Trinajstić information content (AvgIpc) is 3.42. The SMILES string of the molecule is CC[C@H]1C=CCC[C@@]2(C[C@@H]3CC[C@@H]4[C@H](C(=O)OCCCCCCCCCCC(=O)N(CCCN)C[C@@H](O)CCN)[C@]5(CCC[C@@H](C)O5)NC(=[N+]34)N2)O1. The molecule has 2 fully saturated rings. The molecular weight excluding hydrogens is 660 g/mol. The van der Waals surface area contributed by atoms with Crippen LogP contribution in [-0.4, -0.2) is 107 Å². The highest BCUT2D eigenvalue weighted by molar-refractivity contribution is 5.82. The lowest BCUT2D eigenvalue weighted by atomic mass is 9.80. The van der Waals surface area contributed by atoms with Gasteiger partial charge in [0.05, 0.1) is 37.0 Å². The minimum Gasteiger partial charge on any atom is -0.465 e. The van der Waals surface area contributed by atoms with Crippen LogP contribution >= 0.6 is 0 Å². The van der Waals surface area contributed by atoms with Crippen LogP contribution in [0.4, 0.5) is 0 Å². The maximum atomic E-state index is 14.0. The number of allylic oxidation sites excluding steroid dienone is 1. The Morgan fingerprint density at radius 1 is 1.02 bits per heavy atom. The van der Waals surface area contributed by atoms with Crippen LogP contribution in [0.15, 0.2) is 12.2 Å². The van der Waals surface area contributed by atoms with Crippen LogP contribution in [0.3, 0.4) is 0 Å². The lowest BCUT2D eigenvalue weighted by Crippen LogP contribution is -2.76. The zero-order valence-electron chi connectivity index (χ0n) is 32.3. The van der Waals surface area contributed by atoms with Crippen molar-refractivity contribution in [3.8, 4) is 0 Å². The number of guanidine groups is 1. The van der Waals surface area contributed by atoms with E-state index in [9.17, 15) is 14.7 Å². The summed E-state index contributed by atoms with van der Waals surface area (Å²) in [6.45, 7) is 6.60. The molecule has 0 bridgehead atoms. The van der Waals surface area contributed by atoms with Crippen LogP contribution in [0.2, 0.25) is 0 Å². The number of aliphatic hydroxyl groups is 1. The minimum absolute atomic E-state index is 0.0434. The van der Waals surface area contributed by atoms with E-state index in [1.54, 1.807) is 4.90 Å². The number of hydrogen-bond donors (Lipinski definition) is 5. The van der Waals surface area contributed by atoms with Crippen LogP contribution in [0.5, 0.6) is 0 Å². The molecule has 5 heterocycles. The highest BCUT2D eigenvalue weighted by Gasteiger charge is 2.64. The zero-order valence-corrected chi connectivity index (χ0v) is 32.3.